The Morgan fingerprint density at radius 3 is 2.47 bits per heavy atom. The molecule has 2 rings (SSSR count). The molecule has 86 valence electrons. The van der Waals surface area contributed by atoms with Gasteiger partial charge >= 0.3 is 0 Å². The summed E-state index contributed by atoms with van der Waals surface area (Å²) in [6.45, 7) is 0. The largest absolute Gasteiger partial charge is 0.454 e. The number of aldehydes is 1. The molecular formula is C13H8FIO2. The summed E-state index contributed by atoms with van der Waals surface area (Å²) in [6.07, 6.45) is 0.575. The zero-order chi connectivity index (χ0) is 12.3. The number of halogens is 2. The van der Waals surface area contributed by atoms with E-state index in [9.17, 15) is 9.18 Å². The Labute approximate surface area is 112 Å². The van der Waals surface area contributed by atoms with Gasteiger partial charge in [0.05, 0.1) is 5.56 Å². The average molecular weight is 342 g/mol. The van der Waals surface area contributed by atoms with E-state index in [-0.39, 0.29) is 11.3 Å². The molecule has 0 atom stereocenters. The average Bonchev–Trinajstić information content (AvgIpc) is 2.34. The molecule has 0 aliphatic heterocycles. The van der Waals surface area contributed by atoms with Crippen LogP contribution >= 0.6 is 22.6 Å². The van der Waals surface area contributed by atoms with E-state index in [2.05, 4.69) is 22.6 Å². The molecular weight excluding hydrogens is 334 g/mol. The van der Waals surface area contributed by atoms with Gasteiger partial charge in [0.15, 0.2) is 17.9 Å². The van der Waals surface area contributed by atoms with Crippen molar-refractivity contribution in [3.05, 3.63) is 57.4 Å². The summed E-state index contributed by atoms with van der Waals surface area (Å²) in [5, 5.41) is 0. The van der Waals surface area contributed by atoms with Gasteiger partial charge in [-0.3, -0.25) is 4.79 Å². The molecule has 0 N–H and O–H groups in total. The fourth-order valence-electron chi connectivity index (χ4n) is 1.35. The molecule has 17 heavy (non-hydrogen) atoms. The lowest BCUT2D eigenvalue weighted by Crippen LogP contribution is -1.93. The summed E-state index contributed by atoms with van der Waals surface area (Å²) >= 11 is 2.16. The standard InChI is InChI=1S/C13H8FIO2/c14-12-3-1-2-9(8-16)13(12)17-11-6-4-10(15)5-7-11/h1-8H. The van der Waals surface area contributed by atoms with Crippen LogP contribution in [0.25, 0.3) is 0 Å². The Hall–Kier alpha value is -1.43. The quantitative estimate of drug-likeness (QED) is 0.622. The number of benzene rings is 2. The number of ether oxygens (including phenoxy) is 1. The number of para-hydroxylation sites is 1. The first-order chi connectivity index (χ1) is 8.20. The van der Waals surface area contributed by atoms with Crippen LogP contribution in [0.5, 0.6) is 11.5 Å². The van der Waals surface area contributed by atoms with Gasteiger partial charge in [-0.25, -0.2) is 4.39 Å². The van der Waals surface area contributed by atoms with Crippen LogP contribution in [-0.4, -0.2) is 6.29 Å². The number of carbonyl (C=O) groups is 1. The van der Waals surface area contributed by atoms with E-state index in [1.54, 1.807) is 12.1 Å². The zero-order valence-electron chi connectivity index (χ0n) is 8.69. The fraction of sp³-hybridized carbons (Fsp3) is 0. The molecule has 0 saturated heterocycles. The molecule has 0 bridgehead atoms. The molecule has 2 nitrogen and oxygen atoms in total. The van der Waals surface area contributed by atoms with Gasteiger partial charge in [0.25, 0.3) is 0 Å². The molecule has 2 aromatic rings. The maximum atomic E-state index is 13.5. The third-order valence-electron chi connectivity index (χ3n) is 2.16. The number of hydrogen-bond donors (Lipinski definition) is 0. The van der Waals surface area contributed by atoms with Gasteiger partial charge in [0.1, 0.15) is 5.75 Å². The van der Waals surface area contributed by atoms with Crippen LogP contribution in [0.2, 0.25) is 0 Å². The summed E-state index contributed by atoms with van der Waals surface area (Å²) in [4.78, 5) is 10.8. The highest BCUT2D eigenvalue weighted by atomic mass is 127. The molecule has 0 fully saturated rings. The second-order valence-electron chi connectivity index (χ2n) is 3.33. The molecule has 0 amide bonds. The Morgan fingerprint density at radius 1 is 1.12 bits per heavy atom. The fourth-order valence-corrected chi connectivity index (χ4v) is 1.71. The number of carbonyl (C=O) groups excluding carboxylic acids is 1. The third kappa shape index (κ3) is 2.82. The highest BCUT2D eigenvalue weighted by Gasteiger charge is 2.10. The molecule has 0 unspecified atom stereocenters. The van der Waals surface area contributed by atoms with Crippen LogP contribution in [0.4, 0.5) is 4.39 Å². The molecule has 0 aliphatic carbocycles. The lowest BCUT2D eigenvalue weighted by molar-refractivity contribution is 0.112. The summed E-state index contributed by atoms with van der Waals surface area (Å²) in [7, 11) is 0. The Kier molecular flexibility index (Phi) is 3.73. The molecule has 4 heteroatoms. The van der Waals surface area contributed by atoms with Crippen molar-refractivity contribution in [2.75, 3.05) is 0 Å². The molecule has 0 saturated carbocycles. The highest BCUT2D eigenvalue weighted by Crippen LogP contribution is 2.27. The maximum Gasteiger partial charge on any atom is 0.173 e. The number of hydrogen-bond acceptors (Lipinski definition) is 2. The first-order valence-electron chi connectivity index (χ1n) is 4.88. The first kappa shape index (κ1) is 12.0. The van der Waals surface area contributed by atoms with Crippen LogP contribution in [-0.2, 0) is 0 Å². The van der Waals surface area contributed by atoms with Crippen LogP contribution in [0.3, 0.4) is 0 Å². The maximum absolute atomic E-state index is 13.5. The summed E-state index contributed by atoms with van der Waals surface area (Å²) in [5.41, 5.74) is 0.198. The van der Waals surface area contributed by atoms with Crippen LogP contribution < -0.4 is 4.74 Å². The van der Waals surface area contributed by atoms with Crippen molar-refractivity contribution in [3.63, 3.8) is 0 Å². The SMILES string of the molecule is O=Cc1cccc(F)c1Oc1ccc(I)cc1. The predicted molar refractivity (Wildman–Crippen MR) is 71.0 cm³/mol. The summed E-state index contributed by atoms with van der Waals surface area (Å²) in [5.74, 6) is -0.0875. The lowest BCUT2D eigenvalue weighted by atomic mass is 10.2. The van der Waals surface area contributed by atoms with Gasteiger partial charge in [-0.2, -0.15) is 0 Å². The van der Waals surface area contributed by atoms with Crippen LogP contribution in [0, 0.1) is 9.39 Å². The van der Waals surface area contributed by atoms with E-state index in [0.717, 1.165) is 3.57 Å². The smallest absolute Gasteiger partial charge is 0.173 e. The second-order valence-corrected chi connectivity index (χ2v) is 4.58. The Bertz CT molecular complexity index is 538. The van der Waals surface area contributed by atoms with Gasteiger partial charge < -0.3 is 4.74 Å². The molecule has 0 radical (unpaired) electrons. The van der Waals surface area contributed by atoms with Gasteiger partial charge in [-0.15, -0.1) is 0 Å². The minimum absolute atomic E-state index is 0.0382. The van der Waals surface area contributed by atoms with Crippen molar-refractivity contribution >= 4 is 28.9 Å². The van der Waals surface area contributed by atoms with Crippen LogP contribution in [0.15, 0.2) is 42.5 Å². The second kappa shape index (κ2) is 5.27. The molecule has 0 heterocycles. The first-order valence-corrected chi connectivity index (χ1v) is 5.95. The molecule has 0 aromatic heterocycles. The third-order valence-corrected chi connectivity index (χ3v) is 2.88. The highest BCUT2D eigenvalue weighted by molar-refractivity contribution is 14.1. The van der Waals surface area contributed by atoms with Crippen molar-refractivity contribution < 1.29 is 13.9 Å². The summed E-state index contributed by atoms with van der Waals surface area (Å²) < 4.78 is 19.9. The Balaban J connectivity index is 2.35. The van der Waals surface area contributed by atoms with E-state index < -0.39 is 5.82 Å². The van der Waals surface area contributed by atoms with Crippen molar-refractivity contribution in [1.82, 2.24) is 0 Å². The summed E-state index contributed by atoms with van der Waals surface area (Å²) in [6, 6.07) is 11.4. The van der Waals surface area contributed by atoms with Crippen LogP contribution in [0.1, 0.15) is 10.4 Å². The van der Waals surface area contributed by atoms with E-state index in [1.165, 1.54) is 18.2 Å². The van der Waals surface area contributed by atoms with Crippen molar-refractivity contribution in [1.29, 1.82) is 0 Å². The van der Waals surface area contributed by atoms with Crippen molar-refractivity contribution in [2.45, 2.75) is 0 Å². The van der Waals surface area contributed by atoms with Crippen molar-refractivity contribution in [2.24, 2.45) is 0 Å². The lowest BCUT2D eigenvalue weighted by Gasteiger charge is -2.08. The van der Waals surface area contributed by atoms with E-state index in [1.807, 2.05) is 12.1 Å². The minimum Gasteiger partial charge on any atom is -0.454 e. The van der Waals surface area contributed by atoms with Crippen molar-refractivity contribution in [3.8, 4) is 11.5 Å². The molecule has 0 spiro atoms. The zero-order valence-corrected chi connectivity index (χ0v) is 10.8. The van der Waals surface area contributed by atoms with E-state index in [4.69, 9.17) is 4.74 Å². The van der Waals surface area contributed by atoms with E-state index in [0.29, 0.717) is 12.0 Å². The molecule has 2 aromatic carbocycles. The van der Waals surface area contributed by atoms with Gasteiger partial charge in [0, 0.05) is 3.57 Å². The monoisotopic (exact) mass is 342 g/mol. The van der Waals surface area contributed by atoms with E-state index >= 15 is 0 Å². The minimum atomic E-state index is -0.548. The van der Waals surface area contributed by atoms with Gasteiger partial charge in [0.2, 0.25) is 0 Å². The number of rotatable bonds is 3. The normalized spacial score (nSPS) is 10.0. The predicted octanol–water partition coefficient (Wildman–Crippen LogP) is 4.04. The Morgan fingerprint density at radius 2 is 1.82 bits per heavy atom. The van der Waals surface area contributed by atoms with Gasteiger partial charge in [-0.1, -0.05) is 6.07 Å². The topological polar surface area (TPSA) is 26.3 Å². The molecule has 0 aliphatic rings. The van der Waals surface area contributed by atoms with Gasteiger partial charge in [-0.05, 0) is 59.0 Å².